The van der Waals surface area contributed by atoms with E-state index >= 15 is 0 Å². The van der Waals surface area contributed by atoms with E-state index in [1.165, 1.54) is 4.90 Å². The van der Waals surface area contributed by atoms with Crippen LogP contribution in [0.2, 0.25) is 0 Å². The average molecular weight is 226 g/mol. The molecule has 15 heavy (non-hydrogen) atoms. The highest BCUT2D eigenvalue weighted by atomic mass is 19.4. The molecule has 1 rings (SSSR count). The first-order valence-corrected chi connectivity index (χ1v) is 5.10. The van der Waals surface area contributed by atoms with Gasteiger partial charge in [-0.1, -0.05) is 0 Å². The summed E-state index contributed by atoms with van der Waals surface area (Å²) in [4.78, 5) is 1.34. The average Bonchev–Trinajstić information content (AvgIpc) is 2.17. The number of aliphatic hydroxyl groups is 1. The summed E-state index contributed by atoms with van der Waals surface area (Å²) in [5.41, 5.74) is 5.15. The van der Waals surface area contributed by atoms with Gasteiger partial charge in [-0.15, -0.1) is 0 Å². The van der Waals surface area contributed by atoms with Crippen LogP contribution in [-0.4, -0.2) is 48.5 Å². The molecule has 0 aromatic heterocycles. The highest BCUT2D eigenvalue weighted by Gasteiger charge is 2.43. The Balaban J connectivity index is 2.60. The molecule has 6 heteroatoms. The van der Waals surface area contributed by atoms with Crippen molar-refractivity contribution in [3.63, 3.8) is 0 Å². The maximum Gasteiger partial charge on any atom is 0.405 e. The van der Waals surface area contributed by atoms with Gasteiger partial charge in [-0.3, -0.25) is 4.90 Å². The van der Waals surface area contributed by atoms with Crippen LogP contribution in [0.15, 0.2) is 0 Å². The monoisotopic (exact) mass is 226 g/mol. The number of nitrogens with zero attached hydrogens (tertiary/aromatic N) is 1. The van der Waals surface area contributed by atoms with Gasteiger partial charge in [-0.2, -0.15) is 13.2 Å². The predicted molar refractivity (Wildman–Crippen MR) is 50.3 cm³/mol. The summed E-state index contributed by atoms with van der Waals surface area (Å²) in [6.07, 6.45) is -2.79. The van der Waals surface area contributed by atoms with Gasteiger partial charge in [-0.25, -0.2) is 0 Å². The molecule has 0 aromatic rings. The van der Waals surface area contributed by atoms with Crippen LogP contribution in [0.1, 0.15) is 12.8 Å². The van der Waals surface area contributed by atoms with Crippen LogP contribution in [-0.2, 0) is 0 Å². The Morgan fingerprint density at radius 2 is 2.13 bits per heavy atom. The number of piperidine rings is 1. The molecule has 1 heterocycles. The lowest BCUT2D eigenvalue weighted by Crippen LogP contribution is -2.53. The number of likely N-dealkylation sites (tertiary alicyclic amines) is 1. The first-order valence-electron chi connectivity index (χ1n) is 5.10. The van der Waals surface area contributed by atoms with Crippen molar-refractivity contribution in [1.82, 2.24) is 4.90 Å². The maximum atomic E-state index is 12.6. The Morgan fingerprint density at radius 3 is 2.60 bits per heavy atom. The van der Waals surface area contributed by atoms with Gasteiger partial charge in [0, 0.05) is 19.7 Å². The molecular weight excluding hydrogens is 209 g/mol. The van der Waals surface area contributed by atoms with Crippen molar-refractivity contribution in [2.45, 2.75) is 25.1 Å². The van der Waals surface area contributed by atoms with Crippen molar-refractivity contribution in [2.75, 3.05) is 26.2 Å². The van der Waals surface area contributed by atoms with Crippen LogP contribution >= 0.6 is 0 Å². The zero-order valence-electron chi connectivity index (χ0n) is 8.50. The lowest BCUT2D eigenvalue weighted by atomic mass is 9.97. The van der Waals surface area contributed by atoms with Gasteiger partial charge in [0.05, 0.1) is 0 Å². The third-order valence-electron chi connectivity index (χ3n) is 2.85. The van der Waals surface area contributed by atoms with Gasteiger partial charge in [0.1, 0.15) is 6.04 Å². The summed E-state index contributed by atoms with van der Waals surface area (Å²) >= 11 is 0. The second kappa shape index (κ2) is 5.14. The quantitative estimate of drug-likeness (QED) is 0.740. The topological polar surface area (TPSA) is 49.5 Å². The summed E-state index contributed by atoms with van der Waals surface area (Å²) in [6, 6.07) is -1.56. The minimum atomic E-state index is -4.27. The van der Waals surface area contributed by atoms with Crippen molar-refractivity contribution in [3.8, 4) is 0 Å². The molecule has 2 unspecified atom stereocenters. The normalized spacial score (nSPS) is 26.6. The summed E-state index contributed by atoms with van der Waals surface area (Å²) < 4.78 is 37.7. The number of rotatable bonds is 3. The summed E-state index contributed by atoms with van der Waals surface area (Å²) in [5, 5.41) is 8.93. The molecule has 1 aliphatic rings. The van der Waals surface area contributed by atoms with E-state index in [0.717, 1.165) is 6.42 Å². The minimum Gasteiger partial charge on any atom is -0.396 e. The molecule has 3 nitrogen and oxygen atoms in total. The van der Waals surface area contributed by atoms with Crippen LogP contribution in [0.25, 0.3) is 0 Å². The number of hydrogen-bond acceptors (Lipinski definition) is 3. The Morgan fingerprint density at radius 1 is 1.47 bits per heavy atom. The Labute approximate surface area is 87.0 Å². The first-order chi connectivity index (χ1) is 6.99. The molecule has 0 spiro atoms. The lowest BCUT2D eigenvalue weighted by molar-refractivity contribution is -0.185. The van der Waals surface area contributed by atoms with Crippen LogP contribution in [0.3, 0.4) is 0 Å². The molecule has 0 saturated carbocycles. The molecule has 0 amide bonds. The standard InChI is InChI=1S/C9H17F3N2O/c10-9(11,12)8(4-13)14-3-1-2-7(5-14)6-15/h7-8,15H,1-6,13H2. The van der Waals surface area contributed by atoms with Gasteiger partial charge < -0.3 is 10.8 Å². The van der Waals surface area contributed by atoms with Crippen molar-refractivity contribution in [2.24, 2.45) is 11.7 Å². The van der Waals surface area contributed by atoms with Gasteiger partial charge in [0.2, 0.25) is 0 Å². The van der Waals surface area contributed by atoms with E-state index in [2.05, 4.69) is 0 Å². The molecule has 0 radical (unpaired) electrons. The van der Waals surface area contributed by atoms with E-state index in [1.807, 2.05) is 0 Å². The molecule has 1 aliphatic heterocycles. The fraction of sp³-hybridized carbons (Fsp3) is 1.00. The number of aliphatic hydroxyl groups excluding tert-OH is 1. The second-order valence-corrected chi connectivity index (χ2v) is 3.98. The van der Waals surface area contributed by atoms with Gasteiger partial charge >= 0.3 is 6.18 Å². The zero-order valence-corrected chi connectivity index (χ0v) is 8.50. The lowest BCUT2D eigenvalue weighted by Gasteiger charge is -2.37. The first kappa shape index (κ1) is 12.7. The Kier molecular flexibility index (Phi) is 4.36. The van der Waals surface area contributed by atoms with Gasteiger partial charge in [0.25, 0.3) is 0 Å². The number of nitrogens with two attached hydrogens (primary N) is 1. The number of alkyl halides is 3. The summed E-state index contributed by atoms with van der Waals surface area (Å²) in [5.74, 6) is -0.0462. The van der Waals surface area contributed by atoms with E-state index < -0.39 is 18.8 Å². The SMILES string of the molecule is NCC(N1CCCC(CO)C1)C(F)(F)F. The molecule has 3 N–H and O–H groups in total. The van der Waals surface area contributed by atoms with Crippen LogP contribution in [0.4, 0.5) is 13.2 Å². The fourth-order valence-corrected chi connectivity index (χ4v) is 2.02. The Bertz CT molecular complexity index is 198. The largest absolute Gasteiger partial charge is 0.405 e. The van der Waals surface area contributed by atoms with E-state index in [4.69, 9.17) is 10.8 Å². The maximum absolute atomic E-state index is 12.6. The van der Waals surface area contributed by atoms with Crippen LogP contribution < -0.4 is 5.73 Å². The number of hydrogen-bond donors (Lipinski definition) is 2. The van der Waals surface area contributed by atoms with Gasteiger partial charge in [0.15, 0.2) is 0 Å². The highest BCUT2D eigenvalue weighted by Crippen LogP contribution is 2.27. The van der Waals surface area contributed by atoms with Gasteiger partial charge in [-0.05, 0) is 25.3 Å². The van der Waals surface area contributed by atoms with Crippen LogP contribution in [0, 0.1) is 5.92 Å². The van der Waals surface area contributed by atoms with Crippen molar-refractivity contribution < 1.29 is 18.3 Å². The minimum absolute atomic E-state index is 0.0462. The fourth-order valence-electron chi connectivity index (χ4n) is 2.02. The van der Waals surface area contributed by atoms with E-state index in [0.29, 0.717) is 13.0 Å². The molecule has 1 fully saturated rings. The molecule has 2 atom stereocenters. The van der Waals surface area contributed by atoms with Crippen molar-refractivity contribution in [3.05, 3.63) is 0 Å². The molecular formula is C9H17F3N2O. The molecule has 90 valence electrons. The van der Waals surface area contributed by atoms with Crippen LogP contribution in [0.5, 0.6) is 0 Å². The smallest absolute Gasteiger partial charge is 0.396 e. The highest BCUT2D eigenvalue weighted by molar-refractivity contribution is 4.84. The third-order valence-corrected chi connectivity index (χ3v) is 2.85. The molecule has 0 bridgehead atoms. The van der Waals surface area contributed by atoms with E-state index in [1.54, 1.807) is 0 Å². The Hall–Kier alpha value is -0.330. The zero-order chi connectivity index (χ0) is 11.5. The third kappa shape index (κ3) is 3.32. The van der Waals surface area contributed by atoms with E-state index in [9.17, 15) is 13.2 Å². The second-order valence-electron chi connectivity index (χ2n) is 3.98. The molecule has 0 aromatic carbocycles. The summed E-state index contributed by atoms with van der Waals surface area (Å²) in [6.45, 7) is 0.239. The summed E-state index contributed by atoms with van der Waals surface area (Å²) in [7, 11) is 0. The van der Waals surface area contributed by atoms with Crippen molar-refractivity contribution in [1.29, 1.82) is 0 Å². The molecule has 0 aliphatic carbocycles. The van der Waals surface area contributed by atoms with E-state index in [-0.39, 0.29) is 19.1 Å². The number of halogens is 3. The predicted octanol–water partition coefficient (Wildman–Crippen LogP) is 0.580. The van der Waals surface area contributed by atoms with Crippen molar-refractivity contribution >= 4 is 0 Å². The molecule has 1 saturated heterocycles.